The van der Waals surface area contributed by atoms with Crippen molar-refractivity contribution in [1.29, 1.82) is 0 Å². The van der Waals surface area contributed by atoms with Crippen LogP contribution in [0.25, 0.3) is 0 Å². The van der Waals surface area contributed by atoms with Gasteiger partial charge in [0.05, 0.1) is 13.7 Å². The monoisotopic (exact) mass is 348 g/mol. The highest BCUT2D eigenvalue weighted by molar-refractivity contribution is 6.07. The van der Waals surface area contributed by atoms with Crippen molar-refractivity contribution in [3.8, 4) is 11.5 Å². The van der Waals surface area contributed by atoms with Crippen molar-refractivity contribution in [3.63, 3.8) is 0 Å². The highest BCUT2D eigenvalue weighted by Gasteiger charge is 2.56. The summed E-state index contributed by atoms with van der Waals surface area (Å²) in [5, 5.41) is 5.69. The van der Waals surface area contributed by atoms with Crippen molar-refractivity contribution in [2.75, 3.05) is 26.8 Å². The lowest BCUT2D eigenvalue weighted by Crippen LogP contribution is -2.44. The van der Waals surface area contributed by atoms with Crippen LogP contribution in [-0.2, 0) is 9.59 Å². The van der Waals surface area contributed by atoms with Gasteiger partial charge in [0, 0.05) is 6.54 Å². The first-order valence-corrected chi connectivity index (χ1v) is 8.81. The molecule has 6 nitrogen and oxygen atoms in total. The lowest BCUT2D eigenvalue weighted by Gasteiger charge is -2.16. The molecular weight excluding hydrogens is 320 g/mol. The minimum Gasteiger partial charge on any atom is -0.497 e. The van der Waals surface area contributed by atoms with E-state index in [9.17, 15) is 9.59 Å². The van der Waals surface area contributed by atoms with E-state index in [1.54, 1.807) is 7.11 Å². The average Bonchev–Trinajstić information content (AvgIpc) is 3.40. The molecule has 2 N–H and O–H groups in total. The normalized spacial score (nSPS) is 14.7. The fourth-order valence-electron chi connectivity index (χ4n) is 2.50. The van der Waals surface area contributed by atoms with Gasteiger partial charge in [-0.3, -0.25) is 9.59 Å². The molecule has 0 aliphatic heterocycles. The molecule has 0 spiro atoms. The van der Waals surface area contributed by atoms with Crippen LogP contribution in [0.3, 0.4) is 0 Å². The summed E-state index contributed by atoms with van der Waals surface area (Å²) < 4.78 is 10.7. The average molecular weight is 348 g/mol. The Morgan fingerprint density at radius 3 is 2.12 bits per heavy atom. The number of nitrogens with one attached hydrogen (secondary N) is 2. The van der Waals surface area contributed by atoms with E-state index >= 15 is 0 Å². The molecule has 0 bridgehead atoms. The van der Waals surface area contributed by atoms with E-state index < -0.39 is 5.41 Å². The molecule has 1 aliphatic carbocycles. The number of rotatable bonds is 10. The zero-order valence-corrected chi connectivity index (χ0v) is 15.3. The molecule has 1 saturated carbocycles. The predicted molar refractivity (Wildman–Crippen MR) is 95.6 cm³/mol. The van der Waals surface area contributed by atoms with Crippen LogP contribution in [0, 0.1) is 11.3 Å². The molecule has 2 rings (SSSR count). The lowest BCUT2D eigenvalue weighted by atomic mass is 10.0. The number of carbonyl (C=O) groups excluding carboxylic acids is 2. The first kappa shape index (κ1) is 19.1. The number of benzene rings is 1. The Labute approximate surface area is 149 Å². The van der Waals surface area contributed by atoms with Crippen LogP contribution in [0.1, 0.15) is 33.1 Å². The quantitative estimate of drug-likeness (QED) is 0.502. The van der Waals surface area contributed by atoms with Crippen molar-refractivity contribution >= 4 is 11.8 Å². The molecule has 1 aromatic carbocycles. The van der Waals surface area contributed by atoms with Gasteiger partial charge in [0.1, 0.15) is 23.5 Å². The van der Waals surface area contributed by atoms with Gasteiger partial charge in [0.25, 0.3) is 0 Å². The number of hydrogen-bond acceptors (Lipinski definition) is 4. The molecule has 25 heavy (non-hydrogen) atoms. The summed E-state index contributed by atoms with van der Waals surface area (Å²) in [6.45, 7) is 5.55. The number of methoxy groups -OCH3 is 1. The van der Waals surface area contributed by atoms with Gasteiger partial charge in [-0.15, -0.1) is 0 Å². The number of hydrogen-bond donors (Lipinski definition) is 2. The largest absolute Gasteiger partial charge is 0.497 e. The summed E-state index contributed by atoms with van der Waals surface area (Å²) in [5.41, 5.74) is -0.864. The van der Waals surface area contributed by atoms with E-state index in [2.05, 4.69) is 24.5 Å². The van der Waals surface area contributed by atoms with Crippen LogP contribution < -0.4 is 20.1 Å². The summed E-state index contributed by atoms with van der Waals surface area (Å²) in [6.07, 6.45) is 2.15. The molecule has 0 unspecified atom stereocenters. The molecule has 0 aromatic heterocycles. The summed E-state index contributed by atoms with van der Waals surface area (Å²) in [7, 11) is 1.61. The summed E-state index contributed by atoms with van der Waals surface area (Å²) in [6, 6.07) is 7.25. The van der Waals surface area contributed by atoms with Crippen LogP contribution in [0.5, 0.6) is 11.5 Å². The van der Waals surface area contributed by atoms with Gasteiger partial charge in [0.15, 0.2) is 0 Å². The Morgan fingerprint density at radius 2 is 1.60 bits per heavy atom. The minimum atomic E-state index is -0.864. The third-order valence-corrected chi connectivity index (χ3v) is 4.34. The Kier molecular flexibility index (Phi) is 6.67. The fourth-order valence-corrected chi connectivity index (χ4v) is 2.50. The lowest BCUT2D eigenvalue weighted by molar-refractivity contribution is -0.137. The Hall–Kier alpha value is -2.24. The van der Waals surface area contributed by atoms with Crippen LogP contribution in [0.4, 0.5) is 0 Å². The highest BCUT2D eigenvalue weighted by Crippen LogP contribution is 2.46. The zero-order chi connectivity index (χ0) is 18.3. The maximum atomic E-state index is 12.3. The Balaban J connectivity index is 1.69. The molecule has 0 radical (unpaired) electrons. The first-order chi connectivity index (χ1) is 12.0. The molecule has 6 heteroatoms. The van der Waals surface area contributed by atoms with Crippen molar-refractivity contribution < 1.29 is 19.1 Å². The van der Waals surface area contributed by atoms with Crippen molar-refractivity contribution in [2.24, 2.45) is 11.3 Å². The van der Waals surface area contributed by atoms with Crippen molar-refractivity contribution in [1.82, 2.24) is 10.6 Å². The SMILES string of the molecule is COc1ccc(OCCNC(=O)C2(C(=O)NCCC(C)C)CC2)cc1. The number of ether oxygens (including phenoxy) is 2. The van der Waals surface area contributed by atoms with E-state index in [-0.39, 0.29) is 11.8 Å². The van der Waals surface area contributed by atoms with E-state index in [1.165, 1.54) is 0 Å². The standard InChI is InChI=1S/C19H28N2O4/c1-14(2)8-11-20-17(22)19(9-10-19)18(23)21-12-13-25-16-6-4-15(24-3)5-7-16/h4-7,14H,8-13H2,1-3H3,(H,20,22)(H,21,23). The third kappa shape index (κ3) is 5.37. The molecule has 2 amide bonds. The second-order valence-corrected chi connectivity index (χ2v) is 6.80. The smallest absolute Gasteiger partial charge is 0.235 e. The van der Waals surface area contributed by atoms with Crippen molar-refractivity contribution in [3.05, 3.63) is 24.3 Å². The maximum absolute atomic E-state index is 12.3. The highest BCUT2D eigenvalue weighted by atomic mass is 16.5. The Bertz CT molecular complexity index is 580. The molecular formula is C19H28N2O4. The number of carbonyl (C=O) groups is 2. The molecule has 1 fully saturated rings. The minimum absolute atomic E-state index is 0.151. The second-order valence-electron chi connectivity index (χ2n) is 6.80. The second kappa shape index (κ2) is 8.74. The number of amides is 2. The summed E-state index contributed by atoms with van der Waals surface area (Å²) >= 11 is 0. The van der Waals surface area contributed by atoms with Crippen LogP contribution in [-0.4, -0.2) is 38.6 Å². The van der Waals surface area contributed by atoms with Crippen molar-refractivity contribution in [2.45, 2.75) is 33.1 Å². The van der Waals surface area contributed by atoms with E-state index in [4.69, 9.17) is 9.47 Å². The van der Waals surface area contributed by atoms with Crippen LogP contribution in [0.2, 0.25) is 0 Å². The van der Waals surface area contributed by atoms with Crippen LogP contribution >= 0.6 is 0 Å². The molecule has 0 atom stereocenters. The first-order valence-electron chi connectivity index (χ1n) is 8.81. The summed E-state index contributed by atoms with van der Waals surface area (Å²) in [4.78, 5) is 24.6. The van der Waals surface area contributed by atoms with Gasteiger partial charge in [-0.1, -0.05) is 13.8 Å². The van der Waals surface area contributed by atoms with Crippen LogP contribution in [0.15, 0.2) is 24.3 Å². The molecule has 1 aromatic rings. The van der Waals surface area contributed by atoms with Gasteiger partial charge in [-0.05, 0) is 49.4 Å². The molecule has 0 saturated heterocycles. The van der Waals surface area contributed by atoms with Gasteiger partial charge in [-0.25, -0.2) is 0 Å². The van der Waals surface area contributed by atoms with Gasteiger partial charge >= 0.3 is 0 Å². The van der Waals surface area contributed by atoms with Gasteiger partial charge in [-0.2, -0.15) is 0 Å². The third-order valence-electron chi connectivity index (χ3n) is 4.34. The molecule has 1 aliphatic rings. The topological polar surface area (TPSA) is 76.7 Å². The van der Waals surface area contributed by atoms with Gasteiger partial charge in [0.2, 0.25) is 11.8 Å². The zero-order valence-electron chi connectivity index (χ0n) is 15.3. The maximum Gasteiger partial charge on any atom is 0.235 e. The van der Waals surface area contributed by atoms with Gasteiger partial charge < -0.3 is 20.1 Å². The van der Waals surface area contributed by atoms with E-state index in [0.717, 1.165) is 12.2 Å². The molecule has 0 heterocycles. The predicted octanol–water partition coefficient (Wildman–Crippen LogP) is 2.13. The Morgan fingerprint density at radius 1 is 1.04 bits per heavy atom. The van der Waals surface area contributed by atoms with E-state index in [0.29, 0.717) is 44.2 Å². The molecule has 138 valence electrons. The fraction of sp³-hybridized carbons (Fsp3) is 0.579. The summed E-state index contributed by atoms with van der Waals surface area (Å²) in [5.74, 6) is 1.65. The van der Waals surface area contributed by atoms with E-state index in [1.807, 2.05) is 24.3 Å².